The first-order chi connectivity index (χ1) is 5.88. The normalized spacial score (nSPS) is 11.6. The van der Waals surface area contributed by atoms with Crippen molar-refractivity contribution >= 4 is 5.82 Å². The minimum atomic E-state index is -0.590. The number of aromatic nitrogens is 3. The zero-order valence-electron chi connectivity index (χ0n) is 7.47. The Balaban J connectivity index is 2.75. The highest BCUT2D eigenvalue weighted by atomic mass is 16.6. The van der Waals surface area contributed by atoms with Gasteiger partial charge in [0.15, 0.2) is 6.20 Å². The predicted molar refractivity (Wildman–Crippen MR) is 44.9 cm³/mol. The van der Waals surface area contributed by atoms with Crippen molar-refractivity contribution in [3.8, 4) is 0 Å². The molecule has 0 aromatic carbocycles. The Kier molecular flexibility index (Phi) is 2.28. The van der Waals surface area contributed by atoms with E-state index in [1.165, 1.54) is 4.80 Å². The summed E-state index contributed by atoms with van der Waals surface area (Å²) in [5.74, 6) is -0.260. The van der Waals surface area contributed by atoms with Gasteiger partial charge in [-0.3, -0.25) is 0 Å². The Bertz CT molecular complexity index is 313. The van der Waals surface area contributed by atoms with E-state index in [2.05, 4.69) is 10.2 Å². The molecule has 0 radical (unpaired) electrons. The van der Waals surface area contributed by atoms with Gasteiger partial charge in [0.05, 0.1) is 5.10 Å². The summed E-state index contributed by atoms with van der Waals surface area (Å²) in [6, 6.07) is 0. The average Bonchev–Trinajstić information content (AvgIpc) is 2.31. The molecule has 1 aromatic rings. The molecule has 0 saturated carbocycles. The Morgan fingerprint density at radius 2 is 2.38 bits per heavy atom. The third-order valence-electron chi connectivity index (χ3n) is 1.26. The maximum absolute atomic E-state index is 10.2. The van der Waals surface area contributed by atoms with E-state index in [1.807, 2.05) is 0 Å². The van der Waals surface area contributed by atoms with E-state index in [9.17, 15) is 10.1 Å². The molecule has 1 heterocycles. The van der Waals surface area contributed by atoms with E-state index in [0.29, 0.717) is 6.54 Å². The summed E-state index contributed by atoms with van der Waals surface area (Å²) in [6.07, 6.45) is 1.10. The van der Waals surface area contributed by atoms with Crippen molar-refractivity contribution in [3.63, 3.8) is 0 Å². The van der Waals surface area contributed by atoms with Crippen molar-refractivity contribution in [1.29, 1.82) is 0 Å². The van der Waals surface area contributed by atoms with Gasteiger partial charge in [-0.1, -0.05) is 4.80 Å². The minimum Gasteiger partial charge on any atom is -0.358 e. The highest BCUT2D eigenvalue weighted by molar-refractivity contribution is 5.08. The molecule has 1 aromatic heterocycles. The Morgan fingerprint density at radius 1 is 1.77 bits per heavy atom. The Labute approximate surface area is 74.7 Å². The van der Waals surface area contributed by atoms with Gasteiger partial charge in [0, 0.05) is 5.54 Å². The number of nitrogens with two attached hydrogens (primary N) is 1. The monoisotopic (exact) mass is 185 g/mol. The van der Waals surface area contributed by atoms with E-state index in [4.69, 9.17) is 5.73 Å². The molecule has 0 amide bonds. The van der Waals surface area contributed by atoms with Gasteiger partial charge in [0.1, 0.15) is 6.54 Å². The van der Waals surface area contributed by atoms with Crippen LogP contribution >= 0.6 is 0 Å². The first kappa shape index (κ1) is 9.59. The van der Waals surface area contributed by atoms with Crippen LogP contribution in [0.1, 0.15) is 13.8 Å². The van der Waals surface area contributed by atoms with Gasteiger partial charge in [-0.05, 0) is 18.8 Å². The van der Waals surface area contributed by atoms with E-state index >= 15 is 0 Å². The molecular formula is C6H11N5O2. The lowest BCUT2D eigenvalue weighted by molar-refractivity contribution is -0.389. The molecule has 0 aliphatic heterocycles. The van der Waals surface area contributed by atoms with Crippen molar-refractivity contribution in [2.45, 2.75) is 25.9 Å². The Hall–Kier alpha value is -1.50. The molecule has 13 heavy (non-hydrogen) atoms. The third kappa shape index (κ3) is 2.79. The van der Waals surface area contributed by atoms with Crippen molar-refractivity contribution in [3.05, 3.63) is 16.3 Å². The quantitative estimate of drug-likeness (QED) is 0.524. The van der Waals surface area contributed by atoms with Gasteiger partial charge >= 0.3 is 5.82 Å². The standard InChI is InChI=1S/C6H11N5O2/c1-6(2,7)4-10-8-3-5(9-10)11(12)13/h3H,4,7H2,1-2H3. The fourth-order valence-corrected chi connectivity index (χ4v) is 0.813. The van der Waals surface area contributed by atoms with E-state index in [0.717, 1.165) is 6.20 Å². The van der Waals surface area contributed by atoms with Crippen LogP contribution in [0.2, 0.25) is 0 Å². The lowest BCUT2D eigenvalue weighted by Crippen LogP contribution is -2.37. The van der Waals surface area contributed by atoms with Crippen molar-refractivity contribution in [1.82, 2.24) is 15.0 Å². The highest BCUT2D eigenvalue weighted by Gasteiger charge is 2.18. The summed E-state index contributed by atoms with van der Waals surface area (Å²) in [6.45, 7) is 3.94. The molecule has 0 bridgehead atoms. The van der Waals surface area contributed by atoms with Crippen LogP contribution in [0.5, 0.6) is 0 Å². The van der Waals surface area contributed by atoms with Crippen LogP contribution in [0.15, 0.2) is 6.20 Å². The second kappa shape index (κ2) is 3.09. The summed E-state index contributed by atoms with van der Waals surface area (Å²) in [5, 5.41) is 17.6. The first-order valence-corrected chi connectivity index (χ1v) is 3.72. The van der Waals surface area contributed by atoms with Gasteiger partial charge in [-0.25, -0.2) is 0 Å². The fraction of sp³-hybridized carbons (Fsp3) is 0.667. The van der Waals surface area contributed by atoms with Gasteiger partial charge in [0.2, 0.25) is 0 Å². The number of nitrogens with zero attached hydrogens (tertiary/aromatic N) is 4. The molecule has 72 valence electrons. The fourth-order valence-electron chi connectivity index (χ4n) is 0.813. The lowest BCUT2D eigenvalue weighted by Gasteiger charge is -2.14. The van der Waals surface area contributed by atoms with Crippen molar-refractivity contribution in [2.75, 3.05) is 0 Å². The second-order valence-electron chi connectivity index (χ2n) is 3.48. The molecule has 1 rings (SSSR count). The van der Waals surface area contributed by atoms with Crippen LogP contribution in [-0.2, 0) is 6.54 Å². The predicted octanol–water partition coefficient (Wildman–Crippen LogP) is -0.0764. The minimum absolute atomic E-state index is 0.260. The van der Waals surface area contributed by atoms with Crippen molar-refractivity contribution in [2.24, 2.45) is 5.73 Å². The zero-order valence-corrected chi connectivity index (χ0v) is 7.47. The van der Waals surface area contributed by atoms with E-state index in [1.54, 1.807) is 13.8 Å². The van der Waals surface area contributed by atoms with Gasteiger partial charge < -0.3 is 15.8 Å². The second-order valence-corrected chi connectivity index (χ2v) is 3.48. The lowest BCUT2D eigenvalue weighted by atomic mass is 10.1. The average molecular weight is 185 g/mol. The summed E-state index contributed by atoms with van der Waals surface area (Å²) >= 11 is 0. The molecule has 7 nitrogen and oxygen atoms in total. The summed E-state index contributed by atoms with van der Waals surface area (Å²) < 4.78 is 0. The van der Waals surface area contributed by atoms with Gasteiger partial charge in [-0.15, -0.1) is 5.10 Å². The number of nitro groups is 1. The van der Waals surface area contributed by atoms with Crippen molar-refractivity contribution < 1.29 is 4.92 Å². The molecule has 2 N–H and O–H groups in total. The number of hydrogen-bond acceptors (Lipinski definition) is 5. The molecule has 7 heteroatoms. The summed E-state index contributed by atoms with van der Waals surface area (Å²) in [4.78, 5) is 10.9. The molecular weight excluding hydrogens is 174 g/mol. The van der Waals surface area contributed by atoms with Gasteiger partial charge in [0.25, 0.3) is 0 Å². The van der Waals surface area contributed by atoms with Gasteiger partial charge in [-0.2, -0.15) is 0 Å². The van der Waals surface area contributed by atoms with Crippen LogP contribution in [-0.4, -0.2) is 25.5 Å². The molecule has 0 aliphatic carbocycles. The topological polar surface area (TPSA) is 99.9 Å². The maximum Gasteiger partial charge on any atom is 0.410 e. The number of rotatable bonds is 3. The molecule has 0 saturated heterocycles. The molecule has 0 fully saturated rings. The smallest absolute Gasteiger partial charge is 0.358 e. The summed E-state index contributed by atoms with van der Waals surface area (Å²) in [7, 11) is 0. The highest BCUT2D eigenvalue weighted by Crippen LogP contribution is 2.05. The molecule has 0 aliphatic rings. The molecule has 0 spiro atoms. The SMILES string of the molecule is CC(C)(N)Cn1ncc([N+](=O)[O-])n1. The zero-order chi connectivity index (χ0) is 10.1. The van der Waals surface area contributed by atoms with Crippen LogP contribution in [0.4, 0.5) is 5.82 Å². The first-order valence-electron chi connectivity index (χ1n) is 3.72. The van der Waals surface area contributed by atoms with Crippen LogP contribution in [0.3, 0.4) is 0 Å². The third-order valence-corrected chi connectivity index (χ3v) is 1.26. The van der Waals surface area contributed by atoms with Crippen LogP contribution < -0.4 is 5.73 Å². The molecule has 0 atom stereocenters. The molecule has 0 unspecified atom stereocenters. The summed E-state index contributed by atoms with van der Waals surface area (Å²) in [5.41, 5.74) is 5.20. The number of hydrogen-bond donors (Lipinski definition) is 1. The largest absolute Gasteiger partial charge is 0.410 e. The van der Waals surface area contributed by atoms with E-state index < -0.39 is 10.5 Å². The maximum atomic E-state index is 10.2. The Morgan fingerprint density at radius 3 is 2.77 bits per heavy atom. The van der Waals surface area contributed by atoms with E-state index in [-0.39, 0.29) is 5.82 Å². The van der Waals surface area contributed by atoms with Crippen LogP contribution in [0, 0.1) is 10.1 Å². The van der Waals surface area contributed by atoms with Crippen LogP contribution in [0.25, 0.3) is 0 Å².